The molecule has 2 fully saturated rings. The average molecular weight is 509 g/mol. The SMILES string of the molecule is CC(=O)OC1CCN(CC(N)CCN2CCC(OC(=O)Nc3ccccc3-c3ccccc3)CC2)CC1. The quantitative estimate of drug-likeness (QED) is 0.492. The summed E-state index contributed by atoms with van der Waals surface area (Å²) in [4.78, 5) is 28.5. The number of piperidine rings is 2. The molecule has 2 aliphatic heterocycles. The number of hydrogen-bond donors (Lipinski definition) is 2. The van der Waals surface area contributed by atoms with E-state index in [1.54, 1.807) is 0 Å². The van der Waals surface area contributed by atoms with Gasteiger partial charge in [0.15, 0.2) is 0 Å². The number of carbonyl (C=O) groups excluding carboxylic acids is 2. The fraction of sp³-hybridized carbons (Fsp3) is 0.517. The van der Waals surface area contributed by atoms with Crippen LogP contribution in [0.2, 0.25) is 0 Å². The third kappa shape index (κ3) is 8.55. The molecule has 1 atom stereocenters. The number of benzene rings is 2. The number of ether oxygens (including phenoxy) is 2. The van der Waals surface area contributed by atoms with Crippen molar-refractivity contribution in [3.05, 3.63) is 54.6 Å². The third-order valence-corrected chi connectivity index (χ3v) is 7.23. The summed E-state index contributed by atoms with van der Waals surface area (Å²) in [7, 11) is 0. The van der Waals surface area contributed by atoms with Crippen LogP contribution in [0.3, 0.4) is 0 Å². The van der Waals surface area contributed by atoms with E-state index in [0.717, 1.165) is 88.2 Å². The van der Waals surface area contributed by atoms with Crippen molar-refractivity contribution >= 4 is 17.7 Å². The van der Waals surface area contributed by atoms with E-state index < -0.39 is 6.09 Å². The predicted molar refractivity (Wildman–Crippen MR) is 145 cm³/mol. The van der Waals surface area contributed by atoms with Crippen LogP contribution in [0.5, 0.6) is 0 Å². The number of rotatable bonds is 9. The Labute approximate surface area is 220 Å². The van der Waals surface area contributed by atoms with Crippen molar-refractivity contribution < 1.29 is 19.1 Å². The Bertz CT molecular complexity index is 1000. The molecule has 0 aliphatic carbocycles. The van der Waals surface area contributed by atoms with Crippen LogP contribution in [0.25, 0.3) is 11.1 Å². The molecule has 0 bridgehead atoms. The van der Waals surface area contributed by atoms with Gasteiger partial charge in [-0.05, 0) is 50.3 Å². The summed E-state index contributed by atoms with van der Waals surface area (Å²) >= 11 is 0. The van der Waals surface area contributed by atoms with E-state index in [1.165, 1.54) is 6.92 Å². The van der Waals surface area contributed by atoms with Crippen LogP contribution in [-0.2, 0) is 14.3 Å². The zero-order chi connectivity index (χ0) is 26.0. The van der Waals surface area contributed by atoms with Gasteiger partial charge in [-0.15, -0.1) is 0 Å². The standard InChI is InChI=1S/C29H40N4O4/c1-22(34)36-25-14-19-33(20-15-25)21-24(30)11-16-32-17-12-26(13-18-32)37-29(35)31-28-10-6-5-9-27(28)23-7-3-2-4-8-23/h2-10,24-26H,11-21,30H2,1H3,(H,31,35). The summed E-state index contributed by atoms with van der Waals surface area (Å²) in [6.45, 7) is 6.94. The molecule has 1 amide bonds. The number of esters is 1. The van der Waals surface area contributed by atoms with Gasteiger partial charge in [-0.2, -0.15) is 0 Å². The van der Waals surface area contributed by atoms with Gasteiger partial charge in [0.1, 0.15) is 12.2 Å². The van der Waals surface area contributed by atoms with Crippen LogP contribution < -0.4 is 11.1 Å². The van der Waals surface area contributed by atoms with Crippen molar-refractivity contribution in [2.45, 2.75) is 57.3 Å². The van der Waals surface area contributed by atoms with Crippen molar-refractivity contribution in [1.29, 1.82) is 0 Å². The van der Waals surface area contributed by atoms with E-state index in [2.05, 4.69) is 15.1 Å². The van der Waals surface area contributed by atoms with Gasteiger partial charge in [-0.3, -0.25) is 10.1 Å². The summed E-state index contributed by atoms with van der Waals surface area (Å²) in [6, 6.07) is 17.9. The number of nitrogens with one attached hydrogen (secondary N) is 1. The van der Waals surface area contributed by atoms with Crippen molar-refractivity contribution in [3.8, 4) is 11.1 Å². The van der Waals surface area contributed by atoms with E-state index in [1.807, 2.05) is 54.6 Å². The number of nitrogens with zero attached hydrogens (tertiary/aromatic N) is 2. The number of para-hydroxylation sites is 1. The molecule has 8 nitrogen and oxygen atoms in total. The predicted octanol–water partition coefficient (Wildman–Crippen LogP) is 4.11. The molecule has 2 aromatic carbocycles. The second-order valence-corrected chi connectivity index (χ2v) is 10.1. The average Bonchev–Trinajstić information content (AvgIpc) is 2.90. The molecule has 200 valence electrons. The highest BCUT2D eigenvalue weighted by Crippen LogP contribution is 2.28. The van der Waals surface area contributed by atoms with Crippen LogP contribution in [0.1, 0.15) is 39.0 Å². The van der Waals surface area contributed by atoms with E-state index in [4.69, 9.17) is 15.2 Å². The lowest BCUT2D eigenvalue weighted by Crippen LogP contribution is -2.45. The highest BCUT2D eigenvalue weighted by atomic mass is 16.6. The molecule has 0 radical (unpaired) electrons. The number of hydrogen-bond acceptors (Lipinski definition) is 7. The molecule has 0 saturated carbocycles. The van der Waals surface area contributed by atoms with Gasteiger partial charge >= 0.3 is 12.1 Å². The fourth-order valence-electron chi connectivity index (χ4n) is 5.22. The van der Waals surface area contributed by atoms with Crippen molar-refractivity contribution in [1.82, 2.24) is 9.80 Å². The van der Waals surface area contributed by atoms with E-state index in [0.29, 0.717) is 0 Å². The lowest BCUT2D eigenvalue weighted by Gasteiger charge is -2.34. The largest absolute Gasteiger partial charge is 0.462 e. The minimum Gasteiger partial charge on any atom is -0.462 e. The second-order valence-electron chi connectivity index (χ2n) is 10.1. The van der Waals surface area contributed by atoms with Crippen molar-refractivity contribution in [3.63, 3.8) is 0 Å². The minimum atomic E-state index is -0.402. The second kappa shape index (κ2) is 13.6. The first-order chi connectivity index (χ1) is 18.0. The Kier molecular flexibility index (Phi) is 9.93. The first-order valence-electron chi connectivity index (χ1n) is 13.5. The highest BCUT2D eigenvalue weighted by Gasteiger charge is 2.25. The van der Waals surface area contributed by atoms with Crippen LogP contribution in [0.15, 0.2) is 54.6 Å². The highest BCUT2D eigenvalue weighted by molar-refractivity contribution is 5.91. The Morgan fingerprint density at radius 2 is 1.49 bits per heavy atom. The monoisotopic (exact) mass is 508 g/mol. The number of likely N-dealkylation sites (tertiary alicyclic amines) is 2. The first kappa shape index (κ1) is 27.1. The van der Waals surface area contributed by atoms with Crippen molar-refractivity contribution in [2.75, 3.05) is 44.6 Å². The molecule has 2 saturated heterocycles. The van der Waals surface area contributed by atoms with Gasteiger partial charge in [0.2, 0.25) is 0 Å². The van der Waals surface area contributed by atoms with E-state index in [9.17, 15) is 9.59 Å². The molecular weight excluding hydrogens is 468 g/mol. The summed E-state index contributed by atoms with van der Waals surface area (Å²) in [5, 5.41) is 2.94. The number of amides is 1. The first-order valence-corrected chi connectivity index (χ1v) is 13.5. The minimum absolute atomic E-state index is 0.0502. The maximum absolute atomic E-state index is 12.6. The maximum Gasteiger partial charge on any atom is 0.411 e. The Hall–Kier alpha value is -2.94. The molecule has 0 spiro atoms. The summed E-state index contributed by atoms with van der Waals surface area (Å²) in [6.07, 6.45) is 3.92. The Balaban J connectivity index is 1.13. The Morgan fingerprint density at radius 3 is 2.16 bits per heavy atom. The molecular formula is C29H40N4O4. The third-order valence-electron chi connectivity index (χ3n) is 7.23. The molecule has 2 aromatic rings. The van der Waals surface area contributed by atoms with Crippen LogP contribution >= 0.6 is 0 Å². The topological polar surface area (TPSA) is 97.1 Å². The van der Waals surface area contributed by atoms with Gasteiger partial charge in [-0.25, -0.2) is 4.79 Å². The number of anilines is 1. The molecule has 2 heterocycles. The number of carbonyl (C=O) groups is 2. The summed E-state index contributed by atoms with van der Waals surface area (Å²) in [5.41, 5.74) is 9.20. The molecule has 37 heavy (non-hydrogen) atoms. The van der Waals surface area contributed by atoms with Gasteiger partial charge in [0, 0.05) is 51.3 Å². The van der Waals surface area contributed by atoms with E-state index >= 15 is 0 Å². The van der Waals surface area contributed by atoms with Crippen molar-refractivity contribution in [2.24, 2.45) is 5.73 Å². The fourth-order valence-corrected chi connectivity index (χ4v) is 5.22. The molecule has 3 N–H and O–H groups in total. The summed E-state index contributed by atoms with van der Waals surface area (Å²) < 4.78 is 11.1. The van der Waals surface area contributed by atoms with Gasteiger partial charge < -0.3 is 25.0 Å². The van der Waals surface area contributed by atoms with Gasteiger partial charge in [0.25, 0.3) is 0 Å². The lowest BCUT2D eigenvalue weighted by atomic mass is 10.0. The zero-order valence-electron chi connectivity index (χ0n) is 21.8. The molecule has 0 aromatic heterocycles. The molecule has 2 aliphatic rings. The maximum atomic E-state index is 12.6. The zero-order valence-corrected chi connectivity index (χ0v) is 21.8. The van der Waals surface area contributed by atoms with Crippen LogP contribution in [-0.4, -0.2) is 79.4 Å². The normalized spacial score (nSPS) is 18.8. The lowest BCUT2D eigenvalue weighted by molar-refractivity contribution is -0.148. The summed E-state index contributed by atoms with van der Waals surface area (Å²) in [5.74, 6) is -0.196. The van der Waals surface area contributed by atoms with Gasteiger partial charge in [-0.1, -0.05) is 48.5 Å². The van der Waals surface area contributed by atoms with E-state index in [-0.39, 0.29) is 24.2 Å². The van der Waals surface area contributed by atoms with Crippen LogP contribution in [0.4, 0.5) is 10.5 Å². The molecule has 8 heteroatoms. The van der Waals surface area contributed by atoms with Gasteiger partial charge in [0.05, 0.1) is 5.69 Å². The van der Waals surface area contributed by atoms with Crippen LogP contribution in [0, 0.1) is 0 Å². The number of nitrogens with two attached hydrogens (primary N) is 1. The molecule has 1 unspecified atom stereocenters. The Morgan fingerprint density at radius 1 is 0.892 bits per heavy atom. The smallest absolute Gasteiger partial charge is 0.411 e. The molecule has 4 rings (SSSR count).